The van der Waals surface area contributed by atoms with Crippen LogP contribution in [0.5, 0.6) is 0 Å². The molecule has 12 heteroatoms. The van der Waals surface area contributed by atoms with Crippen molar-refractivity contribution in [3.63, 3.8) is 0 Å². The number of benzene rings is 2. The Labute approximate surface area is 153 Å². The van der Waals surface area contributed by atoms with Crippen molar-refractivity contribution >= 4 is 45.3 Å². The van der Waals surface area contributed by atoms with E-state index in [0.29, 0.717) is 15.2 Å². The molecule has 1 aromatic heterocycles. The van der Waals surface area contributed by atoms with Crippen LogP contribution in [-0.2, 0) is 0 Å². The summed E-state index contributed by atoms with van der Waals surface area (Å²) in [4.78, 5) is 20.8. The molecule has 9 nitrogen and oxygen atoms in total. The maximum absolute atomic E-state index is 12.9. The number of aromatic nitrogens is 2. The highest BCUT2D eigenvalue weighted by Gasteiger charge is 2.21. The van der Waals surface area contributed by atoms with Crippen LogP contribution in [0.3, 0.4) is 0 Å². The van der Waals surface area contributed by atoms with Crippen LogP contribution in [0.1, 0.15) is 0 Å². The first-order chi connectivity index (χ1) is 12.4. The van der Waals surface area contributed by atoms with Gasteiger partial charge < -0.3 is 5.32 Å². The summed E-state index contributed by atoms with van der Waals surface area (Å²) in [6.07, 6.45) is 0. The molecule has 0 saturated carbocycles. The molecule has 0 spiro atoms. The quantitative estimate of drug-likeness (QED) is 0.483. The van der Waals surface area contributed by atoms with Gasteiger partial charge in [0.1, 0.15) is 5.82 Å². The van der Waals surface area contributed by atoms with Gasteiger partial charge in [-0.2, -0.15) is 0 Å². The second kappa shape index (κ2) is 7.41. The number of nitro groups is 2. The maximum Gasteiger partial charge on any atom is 0.290 e. The molecule has 0 saturated heterocycles. The minimum atomic E-state index is -0.697. The SMILES string of the molecule is O=[N+]([O-])c1ccc(Sc2nnc(Nc3ccc(F)cc3)s2)c([N+](=O)[O-])c1. The van der Waals surface area contributed by atoms with Gasteiger partial charge in [0.2, 0.25) is 5.13 Å². The molecule has 0 atom stereocenters. The Morgan fingerprint density at radius 3 is 2.42 bits per heavy atom. The summed E-state index contributed by atoms with van der Waals surface area (Å²) in [6.45, 7) is 0. The van der Waals surface area contributed by atoms with Crippen molar-refractivity contribution in [2.75, 3.05) is 5.32 Å². The van der Waals surface area contributed by atoms with Crippen LogP contribution >= 0.6 is 23.1 Å². The lowest BCUT2D eigenvalue weighted by atomic mass is 10.3. The summed E-state index contributed by atoms with van der Waals surface area (Å²) in [6, 6.07) is 9.04. The molecule has 0 radical (unpaired) electrons. The Morgan fingerprint density at radius 2 is 1.77 bits per heavy atom. The van der Waals surface area contributed by atoms with Crippen LogP contribution in [-0.4, -0.2) is 20.0 Å². The van der Waals surface area contributed by atoms with Gasteiger partial charge in [-0.3, -0.25) is 20.2 Å². The van der Waals surface area contributed by atoms with Gasteiger partial charge in [0, 0.05) is 11.8 Å². The minimum Gasteiger partial charge on any atom is -0.330 e. The van der Waals surface area contributed by atoms with E-state index >= 15 is 0 Å². The second-order valence-corrected chi connectivity index (χ2v) is 7.04. The van der Waals surface area contributed by atoms with Crippen LogP contribution in [0.25, 0.3) is 0 Å². The molecule has 2 aromatic carbocycles. The standard InChI is InChI=1S/C14H8FN5O4S2/c15-8-1-3-9(4-2-8)16-13-17-18-14(26-13)25-12-6-5-10(19(21)22)7-11(12)20(23)24/h1-7H,(H,16,17). The van der Waals surface area contributed by atoms with E-state index in [2.05, 4.69) is 15.5 Å². The van der Waals surface area contributed by atoms with Crippen LogP contribution in [0.2, 0.25) is 0 Å². The van der Waals surface area contributed by atoms with E-state index in [1.165, 1.54) is 36.4 Å². The van der Waals surface area contributed by atoms with Crippen molar-refractivity contribution in [1.29, 1.82) is 0 Å². The summed E-state index contributed by atoms with van der Waals surface area (Å²) >= 11 is 2.11. The third kappa shape index (κ3) is 4.10. The zero-order valence-electron chi connectivity index (χ0n) is 12.7. The number of halogens is 1. The third-order valence-electron chi connectivity index (χ3n) is 3.05. The third-order valence-corrected chi connectivity index (χ3v) is 5.00. The molecule has 0 unspecified atom stereocenters. The fourth-order valence-electron chi connectivity index (χ4n) is 1.90. The molecule has 0 aliphatic rings. The summed E-state index contributed by atoms with van der Waals surface area (Å²) in [5.74, 6) is -0.366. The van der Waals surface area contributed by atoms with E-state index in [9.17, 15) is 24.6 Å². The van der Waals surface area contributed by atoms with Gasteiger partial charge in [0.25, 0.3) is 11.4 Å². The number of nitro benzene ring substituents is 2. The van der Waals surface area contributed by atoms with Gasteiger partial charge in [-0.05, 0) is 42.1 Å². The molecule has 0 bridgehead atoms. The largest absolute Gasteiger partial charge is 0.330 e. The lowest BCUT2D eigenvalue weighted by Gasteiger charge is -2.01. The Morgan fingerprint density at radius 1 is 1.04 bits per heavy atom. The number of nitrogens with one attached hydrogen (secondary N) is 1. The van der Waals surface area contributed by atoms with Gasteiger partial charge in [0.15, 0.2) is 4.34 Å². The van der Waals surface area contributed by atoms with E-state index in [1.807, 2.05) is 0 Å². The molecule has 3 aromatic rings. The van der Waals surface area contributed by atoms with Crippen LogP contribution in [0, 0.1) is 26.0 Å². The molecular weight excluding hydrogens is 385 g/mol. The summed E-state index contributed by atoms with van der Waals surface area (Å²) in [5, 5.41) is 33.1. The number of non-ortho nitro benzene ring substituents is 1. The monoisotopic (exact) mass is 393 g/mol. The highest BCUT2D eigenvalue weighted by atomic mass is 32.2. The van der Waals surface area contributed by atoms with Gasteiger partial charge in [-0.25, -0.2) is 4.39 Å². The average Bonchev–Trinajstić information content (AvgIpc) is 3.04. The van der Waals surface area contributed by atoms with Gasteiger partial charge in [-0.15, -0.1) is 10.2 Å². The van der Waals surface area contributed by atoms with E-state index in [1.54, 1.807) is 0 Å². The summed E-state index contributed by atoms with van der Waals surface area (Å²) in [5.41, 5.74) is -0.134. The highest BCUT2D eigenvalue weighted by molar-refractivity contribution is 8.01. The van der Waals surface area contributed by atoms with E-state index in [0.717, 1.165) is 29.2 Å². The van der Waals surface area contributed by atoms with Crippen molar-refractivity contribution in [3.8, 4) is 0 Å². The zero-order valence-corrected chi connectivity index (χ0v) is 14.3. The second-order valence-electron chi connectivity index (χ2n) is 4.77. The lowest BCUT2D eigenvalue weighted by molar-refractivity contribution is -0.396. The molecule has 26 heavy (non-hydrogen) atoms. The predicted octanol–water partition coefficient (Wildman–Crippen LogP) is 4.39. The number of hydrogen-bond donors (Lipinski definition) is 1. The van der Waals surface area contributed by atoms with Gasteiger partial charge in [0.05, 0.1) is 20.8 Å². The topological polar surface area (TPSA) is 124 Å². The molecule has 0 fully saturated rings. The van der Waals surface area contributed by atoms with Crippen LogP contribution < -0.4 is 5.32 Å². The van der Waals surface area contributed by atoms with Gasteiger partial charge in [-0.1, -0.05) is 11.3 Å². The predicted molar refractivity (Wildman–Crippen MR) is 93.5 cm³/mol. The zero-order chi connectivity index (χ0) is 18.7. The first-order valence-corrected chi connectivity index (χ1v) is 8.52. The van der Waals surface area contributed by atoms with E-state index in [-0.39, 0.29) is 22.1 Å². The Balaban J connectivity index is 1.79. The highest BCUT2D eigenvalue weighted by Crippen LogP contribution is 2.39. The molecule has 132 valence electrons. The number of anilines is 2. The molecule has 3 rings (SSSR count). The Kier molecular flexibility index (Phi) is 5.04. The fourth-order valence-corrected chi connectivity index (χ4v) is 3.71. The van der Waals surface area contributed by atoms with Crippen LogP contribution in [0.4, 0.5) is 26.6 Å². The number of hydrogen-bond acceptors (Lipinski definition) is 9. The van der Waals surface area contributed by atoms with Crippen LogP contribution in [0.15, 0.2) is 51.7 Å². The molecule has 1 heterocycles. The molecular formula is C14H8FN5O4S2. The Hall–Kier alpha value is -3.12. The van der Waals surface area contributed by atoms with Crippen molar-refractivity contribution in [2.45, 2.75) is 9.24 Å². The Bertz CT molecular complexity index is 980. The van der Waals surface area contributed by atoms with Crippen molar-refractivity contribution < 1.29 is 14.2 Å². The molecule has 0 amide bonds. The smallest absolute Gasteiger partial charge is 0.290 e. The first kappa shape index (κ1) is 17.7. The van der Waals surface area contributed by atoms with E-state index < -0.39 is 9.85 Å². The lowest BCUT2D eigenvalue weighted by Crippen LogP contribution is -1.94. The fraction of sp³-hybridized carbons (Fsp3) is 0. The molecule has 1 N–H and O–H groups in total. The number of nitrogens with zero attached hydrogens (tertiary/aromatic N) is 4. The van der Waals surface area contributed by atoms with Gasteiger partial charge >= 0.3 is 0 Å². The average molecular weight is 393 g/mol. The normalized spacial score (nSPS) is 10.5. The molecule has 0 aliphatic carbocycles. The summed E-state index contributed by atoms with van der Waals surface area (Å²) < 4.78 is 13.3. The van der Waals surface area contributed by atoms with E-state index in [4.69, 9.17) is 0 Å². The molecule has 0 aliphatic heterocycles. The number of rotatable bonds is 6. The van der Waals surface area contributed by atoms with Crippen molar-refractivity contribution in [1.82, 2.24) is 10.2 Å². The maximum atomic E-state index is 12.9. The minimum absolute atomic E-state index is 0.213. The first-order valence-electron chi connectivity index (χ1n) is 6.89. The van der Waals surface area contributed by atoms with Crippen molar-refractivity contribution in [3.05, 3.63) is 68.5 Å². The summed E-state index contributed by atoms with van der Waals surface area (Å²) in [7, 11) is 0. The van der Waals surface area contributed by atoms with Crippen molar-refractivity contribution in [2.24, 2.45) is 0 Å².